The van der Waals surface area contributed by atoms with Crippen molar-refractivity contribution in [2.45, 2.75) is 58.7 Å². The Bertz CT molecular complexity index is 203. The van der Waals surface area contributed by atoms with Gasteiger partial charge in [0.05, 0.1) is 6.10 Å². The van der Waals surface area contributed by atoms with Crippen LogP contribution in [0.15, 0.2) is 0 Å². The first-order valence-electron chi connectivity index (χ1n) is 5.43. The van der Waals surface area contributed by atoms with E-state index >= 15 is 0 Å². The van der Waals surface area contributed by atoms with Crippen LogP contribution >= 0.6 is 0 Å². The number of piperidine rings is 1. The lowest BCUT2D eigenvalue weighted by molar-refractivity contribution is -0.142. The maximum Gasteiger partial charge on any atom is 0.225 e. The summed E-state index contributed by atoms with van der Waals surface area (Å²) in [5.41, 5.74) is 0. The van der Waals surface area contributed by atoms with E-state index in [0.717, 1.165) is 0 Å². The number of rotatable bonds is 1. The first-order chi connectivity index (χ1) is 6.43. The van der Waals surface area contributed by atoms with E-state index < -0.39 is 0 Å². The van der Waals surface area contributed by atoms with Gasteiger partial charge in [0.15, 0.2) is 0 Å². The highest BCUT2D eigenvalue weighted by atomic mass is 16.3. The van der Waals surface area contributed by atoms with E-state index in [1.807, 2.05) is 32.6 Å². The molecular formula is C11H21NO2. The number of carbonyl (C=O) groups is 1. The molecule has 1 N–H and O–H groups in total. The molecule has 2 atom stereocenters. The van der Waals surface area contributed by atoms with Crippen molar-refractivity contribution >= 4 is 5.91 Å². The minimum absolute atomic E-state index is 0.0511. The van der Waals surface area contributed by atoms with Gasteiger partial charge in [0, 0.05) is 18.0 Å². The van der Waals surface area contributed by atoms with E-state index in [0.29, 0.717) is 12.8 Å². The molecule has 1 aliphatic rings. The lowest BCUT2D eigenvalue weighted by Gasteiger charge is -2.42. The smallest absolute Gasteiger partial charge is 0.225 e. The molecule has 1 heterocycles. The monoisotopic (exact) mass is 199 g/mol. The van der Waals surface area contributed by atoms with Crippen LogP contribution < -0.4 is 0 Å². The number of nitrogens with zero attached hydrogens (tertiary/aromatic N) is 1. The number of likely N-dealkylation sites (tertiary alicyclic amines) is 1. The van der Waals surface area contributed by atoms with Crippen molar-refractivity contribution in [1.29, 1.82) is 0 Å². The van der Waals surface area contributed by atoms with Gasteiger partial charge >= 0.3 is 0 Å². The quantitative estimate of drug-likeness (QED) is 0.693. The van der Waals surface area contributed by atoms with Crippen molar-refractivity contribution in [3.05, 3.63) is 0 Å². The van der Waals surface area contributed by atoms with Crippen molar-refractivity contribution < 1.29 is 9.90 Å². The third-order valence-corrected chi connectivity index (χ3v) is 2.92. The van der Waals surface area contributed by atoms with Crippen LogP contribution in [-0.4, -0.2) is 34.1 Å². The molecule has 0 bridgehead atoms. The molecule has 14 heavy (non-hydrogen) atoms. The van der Waals surface area contributed by atoms with Crippen molar-refractivity contribution in [3.63, 3.8) is 0 Å². The summed E-state index contributed by atoms with van der Waals surface area (Å²) in [6, 6.07) is 0.340. The summed E-state index contributed by atoms with van der Waals surface area (Å²) < 4.78 is 0. The number of amides is 1. The largest absolute Gasteiger partial charge is 0.393 e. The molecule has 3 heteroatoms. The predicted molar refractivity (Wildman–Crippen MR) is 55.8 cm³/mol. The Labute approximate surface area is 86.1 Å². The van der Waals surface area contributed by atoms with Crippen LogP contribution in [0.2, 0.25) is 0 Å². The van der Waals surface area contributed by atoms with Crippen molar-refractivity contribution in [3.8, 4) is 0 Å². The molecule has 0 aliphatic carbocycles. The van der Waals surface area contributed by atoms with Gasteiger partial charge in [0.2, 0.25) is 5.91 Å². The summed E-state index contributed by atoms with van der Waals surface area (Å²) in [5.74, 6) is 0.257. The highest BCUT2D eigenvalue weighted by molar-refractivity contribution is 5.78. The fourth-order valence-electron chi connectivity index (χ4n) is 2.28. The van der Waals surface area contributed by atoms with Gasteiger partial charge in [0.1, 0.15) is 0 Å². The molecular weight excluding hydrogens is 178 g/mol. The molecule has 0 unspecified atom stereocenters. The lowest BCUT2D eigenvalue weighted by Crippen LogP contribution is -2.52. The van der Waals surface area contributed by atoms with Crippen molar-refractivity contribution in [2.24, 2.45) is 5.92 Å². The van der Waals surface area contributed by atoms with E-state index in [4.69, 9.17) is 0 Å². The number of hydrogen-bond acceptors (Lipinski definition) is 2. The van der Waals surface area contributed by atoms with Crippen LogP contribution in [0.5, 0.6) is 0 Å². The Morgan fingerprint density at radius 3 is 2.07 bits per heavy atom. The molecule has 1 aliphatic heterocycles. The van der Waals surface area contributed by atoms with Gasteiger partial charge in [-0.1, -0.05) is 13.8 Å². The Morgan fingerprint density at radius 1 is 1.29 bits per heavy atom. The second kappa shape index (κ2) is 4.30. The Balaban J connectivity index is 2.72. The molecule has 1 rings (SSSR count). The second-order valence-corrected chi connectivity index (χ2v) is 4.72. The van der Waals surface area contributed by atoms with Gasteiger partial charge in [-0.3, -0.25) is 4.79 Å². The van der Waals surface area contributed by atoms with Gasteiger partial charge in [-0.15, -0.1) is 0 Å². The number of aliphatic hydroxyl groups excluding tert-OH is 1. The van der Waals surface area contributed by atoms with Crippen LogP contribution in [0.3, 0.4) is 0 Å². The molecule has 0 radical (unpaired) electrons. The van der Waals surface area contributed by atoms with Crippen LogP contribution in [0.1, 0.15) is 40.5 Å². The highest BCUT2D eigenvalue weighted by Gasteiger charge is 2.33. The second-order valence-electron chi connectivity index (χ2n) is 4.72. The molecule has 1 amide bonds. The third kappa shape index (κ3) is 2.27. The normalized spacial score (nSPS) is 33.6. The summed E-state index contributed by atoms with van der Waals surface area (Å²) in [5, 5.41) is 9.55. The fourth-order valence-corrected chi connectivity index (χ4v) is 2.28. The Kier molecular flexibility index (Phi) is 3.53. The molecule has 1 saturated heterocycles. The van der Waals surface area contributed by atoms with Gasteiger partial charge in [-0.25, -0.2) is 0 Å². The first kappa shape index (κ1) is 11.5. The van der Waals surface area contributed by atoms with Crippen LogP contribution in [0.4, 0.5) is 0 Å². The van der Waals surface area contributed by atoms with Gasteiger partial charge < -0.3 is 10.0 Å². The van der Waals surface area contributed by atoms with Gasteiger partial charge in [-0.2, -0.15) is 0 Å². The van der Waals surface area contributed by atoms with Crippen LogP contribution in [-0.2, 0) is 4.79 Å². The average Bonchev–Trinajstić information content (AvgIpc) is 2.01. The minimum atomic E-state index is -0.240. The molecule has 3 nitrogen and oxygen atoms in total. The van der Waals surface area contributed by atoms with E-state index in [1.54, 1.807) is 0 Å². The van der Waals surface area contributed by atoms with E-state index in [2.05, 4.69) is 0 Å². The molecule has 82 valence electrons. The molecule has 0 saturated carbocycles. The molecule has 0 aromatic heterocycles. The maximum absolute atomic E-state index is 11.9. The fraction of sp³-hybridized carbons (Fsp3) is 0.909. The van der Waals surface area contributed by atoms with E-state index in [-0.39, 0.29) is 30.0 Å². The summed E-state index contributed by atoms with van der Waals surface area (Å²) in [4.78, 5) is 13.8. The molecule has 0 spiro atoms. The standard InChI is InChI=1S/C11H21NO2/c1-7(2)11(14)12-8(3)5-10(13)6-9(12)4/h7-10,13H,5-6H2,1-4H3/t8-,9-/m1/s1. The third-order valence-electron chi connectivity index (χ3n) is 2.92. The lowest BCUT2D eigenvalue weighted by atomic mass is 9.93. The number of carbonyl (C=O) groups excluding carboxylic acids is 1. The Morgan fingerprint density at radius 2 is 1.71 bits per heavy atom. The molecule has 0 aromatic rings. The maximum atomic E-state index is 11.9. The highest BCUT2D eigenvalue weighted by Crippen LogP contribution is 2.24. The average molecular weight is 199 g/mol. The SMILES string of the molecule is CC(C)C(=O)N1[C@H](C)CC(O)C[C@H]1C. The minimum Gasteiger partial charge on any atom is -0.393 e. The predicted octanol–water partition coefficient (Wildman–Crippen LogP) is 1.40. The summed E-state index contributed by atoms with van der Waals surface area (Å²) >= 11 is 0. The number of aliphatic hydroxyl groups is 1. The van der Waals surface area contributed by atoms with Crippen LogP contribution in [0, 0.1) is 5.92 Å². The zero-order chi connectivity index (χ0) is 10.9. The zero-order valence-corrected chi connectivity index (χ0v) is 9.53. The Hall–Kier alpha value is -0.570. The van der Waals surface area contributed by atoms with Crippen molar-refractivity contribution in [1.82, 2.24) is 4.90 Å². The summed E-state index contributed by atoms with van der Waals surface area (Å²) in [7, 11) is 0. The van der Waals surface area contributed by atoms with E-state index in [1.165, 1.54) is 0 Å². The molecule has 1 fully saturated rings. The molecule has 0 aromatic carbocycles. The summed E-state index contributed by atoms with van der Waals surface area (Å²) in [6.45, 7) is 7.87. The zero-order valence-electron chi connectivity index (χ0n) is 9.53. The topological polar surface area (TPSA) is 40.5 Å². The summed E-state index contributed by atoms with van der Waals surface area (Å²) in [6.07, 6.45) is 1.18. The number of hydrogen-bond donors (Lipinski definition) is 1. The van der Waals surface area contributed by atoms with Crippen LogP contribution in [0.25, 0.3) is 0 Å². The first-order valence-corrected chi connectivity index (χ1v) is 5.43. The van der Waals surface area contributed by atoms with E-state index in [9.17, 15) is 9.90 Å². The van der Waals surface area contributed by atoms with Gasteiger partial charge in [-0.05, 0) is 26.7 Å². The van der Waals surface area contributed by atoms with Crippen molar-refractivity contribution in [2.75, 3.05) is 0 Å². The van der Waals surface area contributed by atoms with Gasteiger partial charge in [0.25, 0.3) is 0 Å².